The molecule has 0 bridgehead atoms. The van der Waals surface area contributed by atoms with E-state index in [0.29, 0.717) is 41.1 Å². The van der Waals surface area contributed by atoms with Crippen LogP contribution in [0.1, 0.15) is 29.7 Å². The highest BCUT2D eigenvalue weighted by Gasteiger charge is 2.37. The number of hydrogen-bond acceptors (Lipinski definition) is 7. The standard InChI is InChI=1S/C13H12ClN5O2/c1-7-17-13(21-18-7)11-3-9(20)6-19(11)12-10(14)2-8(4-15)5-16-12/h2,5,9,11,20H,3,6H2,1H3/t9-,11-/m1/s1. The van der Waals surface area contributed by atoms with Crippen molar-refractivity contribution in [3.8, 4) is 6.07 Å². The van der Waals surface area contributed by atoms with Gasteiger partial charge < -0.3 is 14.5 Å². The Morgan fingerprint density at radius 1 is 1.57 bits per heavy atom. The molecule has 0 amide bonds. The van der Waals surface area contributed by atoms with Gasteiger partial charge in [-0.3, -0.25) is 0 Å². The van der Waals surface area contributed by atoms with Gasteiger partial charge in [-0.05, 0) is 13.0 Å². The van der Waals surface area contributed by atoms with Crippen molar-refractivity contribution in [3.63, 3.8) is 0 Å². The first-order valence-electron chi connectivity index (χ1n) is 6.39. The van der Waals surface area contributed by atoms with Crippen LogP contribution in [0.2, 0.25) is 5.02 Å². The van der Waals surface area contributed by atoms with Gasteiger partial charge in [-0.1, -0.05) is 16.8 Å². The molecule has 1 aliphatic rings. The maximum Gasteiger partial charge on any atom is 0.249 e. The molecule has 8 heteroatoms. The van der Waals surface area contributed by atoms with Crippen molar-refractivity contribution in [1.29, 1.82) is 5.26 Å². The lowest BCUT2D eigenvalue weighted by molar-refractivity contribution is 0.191. The van der Waals surface area contributed by atoms with Crippen LogP contribution in [-0.2, 0) is 0 Å². The van der Waals surface area contributed by atoms with E-state index in [-0.39, 0.29) is 6.04 Å². The van der Waals surface area contributed by atoms with E-state index in [2.05, 4.69) is 15.1 Å². The topological polar surface area (TPSA) is 99.1 Å². The lowest BCUT2D eigenvalue weighted by Crippen LogP contribution is -2.25. The van der Waals surface area contributed by atoms with Crippen molar-refractivity contribution in [2.75, 3.05) is 11.4 Å². The van der Waals surface area contributed by atoms with Gasteiger partial charge in [-0.2, -0.15) is 10.2 Å². The first kappa shape index (κ1) is 13.8. The van der Waals surface area contributed by atoms with Gasteiger partial charge in [0.1, 0.15) is 17.9 Å². The highest BCUT2D eigenvalue weighted by atomic mass is 35.5. The maximum absolute atomic E-state index is 9.94. The summed E-state index contributed by atoms with van der Waals surface area (Å²) in [7, 11) is 0. The minimum Gasteiger partial charge on any atom is -0.391 e. The molecular formula is C13H12ClN5O2. The number of rotatable bonds is 2. The van der Waals surface area contributed by atoms with Crippen LogP contribution in [0.25, 0.3) is 0 Å². The third-order valence-corrected chi connectivity index (χ3v) is 3.61. The number of hydrogen-bond donors (Lipinski definition) is 1. The number of anilines is 1. The van der Waals surface area contributed by atoms with Crippen molar-refractivity contribution in [3.05, 3.63) is 34.6 Å². The van der Waals surface area contributed by atoms with E-state index in [1.807, 2.05) is 11.0 Å². The van der Waals surface area contributed by atoms with Gasteiger partial charge in [0.15, 0.2) is 5.82 Å². The fourth-order valence-corrected chi connectivity index (χ4v) is 2.71. The summed E-state index contributed by atoms with van der Waals surface area (Å²) in [5.74, 6) is 1.45. The molecule has 1 saturated heterocycles. The van der Waals surface area contributed by atoms with Crippen LogP contribution in [-0.4, -0.2) is 32.9 Å². The van der Waals surface area contributed by atoms with E-state index in [9.17, 15) is 5.11 Å². The van der Waals surface area contributed by atoms with Gasteiger partial charge >= 0.3 is 0 Å². The van der Waals surface area contributed by atoms with Crippen molar-refractivity contribution < 1.29 is 9.63 Å². The molecule has 1 aliphatic heterocycles. The summed E-state index contributed by atoms with van der Waals surface area (Å²) in [6, 6.07) is 3.25. The van der Waals surface area contributed by atoms with Crippen LogP contribution < -0.4 is 4.90 Å². The summed E-state index contributed by atoms with van der Waals surface area (Å²) in [5, 5.41) is 22.9. The zero-order chi connectivity index (χ0) is 15.0. The van der Waals surface area contributed by atoms with E-state index in [0.717, 1.165) is 0 Å². The number of aryl methyl sites for hydroxylation is 1. The summed E-state index contributed by atoms with van der Waals surface area (Å²) in [5.41, 5.74) is 0.383. The minimum atomic E-state index is -0.532. The molecule has 21 heavy (non-hydrogen) atoms. The fraction of sp³-hybridized carbons (Fsp3) is 0.385. The highest BCUT2D eigenvalue weighted by Crippen LogP contribution is 2.37. The maximum atomic E-state index is 9.94. The minimum absolute atomic E-state index is 0.279. The zero-order valence-electron chi connectivity index (χ0n) is 11.2. The van der Waals surface area contributed by atoms with Crippen LogP contribution in [0.3, 0.4) is 0 Å². The zero-order valence-corrected chi connectivity index (χ0v) is 11.9. The molecule has 2 aromatic rings. The van der Waals surface area contributed by atoms with Crippen molar-refractivity contribution in [1.82, 2.24) is 15.1 Å². The van der Waals surface area contributed by atoms with Crippen molar-refractivity contribution >= 4 is 17.4 Å². The number of aliphatic hydroxyl groups excluding tert-OH is 1. The fourth-order valence-electron chi connectivity index (χ4n) is 2.43. The molecule has 1 N–H and O–H groups in total. The van der Waals surface area contributed by atoms with E-state index in [1.165, 1.54) is 6.20 Å². The Bertz CT molecular complexity index is 711. The van der Waals surface area contributed by atoms with Gasteiger partial charge in [0.25, 0.3) is 0 Å². The highest BCUT2D eigenvalue weighted by molar-refractivity contribution is 6.33. The van der Waals surface area contributed by atoms with Crippen LogP contribution in [0.4, 0.5) is 5.82 Å². The van der Waals surface area contributed by atoms with E-state index < -0.39 is 6.10 Å². The monoisotopic (exact) mass is 305 g/mol. The first-order chi connectivity index (χ1) is 10.1. The summed E-state index contributed by atoms with van der Waals surface area (Å²) >= 11 is 6.19. The van der Waals surface area contributed by atoms with E-state index in [1.54, 1.807) is 13.0 Å². The van der Waals surface area contributed by atoms with Gasteiger partial charge in [0.05, 0.1) is 16.7 Å². The van der Waals surface area contributed by atoms with Crippen LogP contribution in [0.5, 0.6) is 0 Å². The number of nitriles is 1. The predicted octanol–water partition coefficient (Wildman–Crippen LogP) is 1.61. The van der Waals surface area contributed by atoms with E-state index >= 15 is 0 Å². The Labute approximate surface area is 125 Å². The summed E-state index contributed by atoms with van der Waals surface area (Å²) in [4.78, 5) is 10.3. The smallest absolute Gasteiger partial charge is 0.249 e. The molecule has 3 rings (SSSR count). The third kappa shape index (κ3) is 2.55. The third-order valence-electron chi connectivity index (χ3n) is 3.33. The number of nitrogens with zero attached hydrogens (tertiary/aromatic N) is 5. The molecular weight excluding hydrogens is 294 g/mol. The van der Waals surface area contributed by atoms with Gasteiger partial charge in [-0.25, -0.2) is 4.98 Å². The number of aliphatic hydroxyl groups is 1. The first-order valence-corrected chi connectivity index (χ1v) is 6.77. The molecule has 0 spiro atoms. The molecule has 2 aromatic heterocycles. The Kier molecular flexibility index (Phi) is 3.49. The average molecular weight is 306 g/mol. The quantitative estimate of drug-likeness (QED) is 0.899. The van der Waals surface area contributed by atoms with Crippen LogP contribution >= 0.6 is 11.6 Å². The Balaban J connectivity index is 1.98. The second-order valence-corrected chi connectivity index (χ2v) is 5.29. The number of β-amino-alcohol motifs (C(OH)–C–C–N with tert-alkyl or cyclic N) is 1. The molecule has 0 aromatic carbocycles. The normalized spacial score (nSPS) is 21.5. The van der Waals surface area contributed by atoms with Gasteiger partial charge in [-0.15, -0.1) is 0 Å². The molecule has 0 unspecified atom stereocenters. The summed E-state index contributed by atoms with van der Waals surface area (Å²) in [6.45, 7) is 2.10. The second-order valence-electron chi connectivity index (χ2n) is 4.88. The Morgan fingerprint density at radius 2 is 2.38 bits per heavy atom. The Hall–Kier alpha value is -2.17. The SMILES string of the molecule is Cc1noc([C@H]2C[C@@H](O)CN2c2ncc(C#N)cc2Cl)n1. The largest absolute Gasteiger partial charge is 0.391 e. The molecule has 0 aliphatic carbocycles. The molecule has 0 radical (unpaired) electrons. The molecule has 3 heterocycles. The summed E-state index contributed by atoms with van der Waals surface area (Å²) < 4.78 is 5.20. The van der Waals surface area contributed by atoms with Crippen molar-refractivity contribution in [2.24, 2.45) is 0 Å². The number of aromatic nitrogens is 3. The molecule has 0 saturated carbocycles. The number of halogens is 1. The van der Waals surface area contributed by atoms with Gasteiger partial charge in [0.2, 0.25) is 5.89 Å². The molecule has 2 atom stereocenters. The molecule has 7 nitrogen and oxygen atoms in total. The van der Waals surface area contributed by atoms with Crippen LogP contribution in [0, 0.1) is 18.3 Å². The lowest BCUT2D eigenvalue weighted by Gasteiger charge is -2.23. The Morgan fingerprint density at radius 3 is 3.00 bits per heavy atom. The second kappa shape index (κ2) is 5.31. The van der Waals surface area contributed by atoms with Crippen LogP contribution in [0.15, 0.2) is 16.8 Å². The molecule has 1 fully saturated rings. The van der Waals surface area contributed by atoms with Crippen molar-refractivity contribution in [2.45, 2.75) is 25.5 Å². The average Bonchev–Trinajstić information content (AvgIpc) is 3.04. The van der Waals surface area contributed by atoms with E-state index in [4.69, 9.17) is 21.4 Å². The van der Waals surface area contributed by atoms with Gasteiger partial charge in [0, 0.05) is 19.2 Å². The molecule has 108 valence electrons. The lowest BCUT2D eigenvalue weighted by atomic mass is 10.2. The predicted molar refractivity (Wildman–Crippen MR) is 73.7 cm³/mol. The summed E-state index contributed by atoms with van der Waals surface area (Å²) in [6.07, 6.45) is 1.37. The number of pyridine rings is 1.